The largest absolute Gasteiger partial charge is 0.493 e. The third-order valence-corrected chi connectivity index (χ3v) is 5.84. The quantitative estimate of drug-likeness (QED) is 0.582. The number of nitrogens with zero attached hydrogens (tertiary/aromatic N) is 3. The summed E-state index contributed by atoms with van der Waals surface area (Å²) >= 11 is 1.20. The van der Waals surface area contributed by atoms with Gasteiger partial charge in [0, 0.05) is 48.0 Å². The number of amides is 2. The Balaban J connectivity index is 1.36. The zero-order chi connectivity index (χ0) is 20.5. The molecule has 3 heterocycles. The molecule has 1 aromatic carbocycles. The minimum absolute atomic E-state index is 0.316. The number of carbonyl (C=O) groups excluding carboxylic acids is 1. The Hall–Kier alpha value is -3.20. The maximum absolute atomic E-state index is 12.7. The van der Waals surface area contributed by atoms with Gasteiger partial charge in [-0.2, -0.15) is 5.10 Å². The number of carbonyl (C=O) groups is 1. The second-order valence-electron chi connectivity index (χ2n) is 7.17. The van der Waals surface area contributed by atoms with Gasteiger partial charge in [0.2, 0.25) is 5.88 Å². The summed E-state index contributed by atoms with van der Waals surface area (Å²) < 4.78 is 15.7. The number of anilines is 1. The first-order valence-electron chi connectivity index (χ1n) is 9.79. The molecule has 2 aromatic heterocycles. The first-order chi connectivity index (χ1) is 14.7. The lowest BCUT2D eigenvalue weighted by Gasteiger charge is -2.15. The fourth-order valence-electron chi connectivity index (χ4n) is 3.50. The summed E-state index contributed by atoms with van der Waals surface area (Å²) in [6.45, 7) is 0.599. The van der Waals surface area contributed by atoms with Crippen molar-refractivity contribution in [2.24, 2.45) is 0 Å². The number of pyridine rings is 1. The van der Waals surface area contributed by atoms with Crippen molar-refractivity contribution < 1.29 is 14.3 Å². The average molecular weight is 423 g/mol. The fraction of sp³-hybridized carbons (Fsp3) is 0.286. The summed E-state index contributed by atoms with van der Waals surface area (Å²) in [6.07, 6.45) is 6.72. The monoisotopic (exact) mass is 423 g/mol. The van der Waals surface area contributed by atoms with Gasteiger partial charge in [-0.05, 0) is 42.7 Å². The van der Waals surface area contributed by atoms with E-state index in [0.29, 0.717) is 18.5 Å². The van der Waals surface area contributed by atoms with Gasteiger partial charge in [0.05, 0.1) is 25.4 Å². The molecule has 30 heavy (non-hydrogen) atoms. The predicted octanol–water partition coefficient (Wildman–Crippen LogP) is 4.05. The number of fused-ring (bicyclic) bond motifs is 1. The molecule has 8 nitrogen and oxygen atoms in total. The summed E-state index contributed by atoms with van der Waals surface area (Å²) in [5.74, 6) is 1.31. The van der Waals surface area contributed by atoms with Gasteiger partial charge in [-0.1, -0.05) is 0 Å². The highest BCUT2D eigenvalue weighted by atomic mass is 32.2. The second-order valence-corrected chi connectivity index (χ2v) is 8.00. The van der Waals surface area contributed by atoms with E-state index in [9.17, 15) is 4.79 Å². The van der Waals surface area contributed by atoms with Crippen molar-refractivity contribution in [3.8, 4) is 22.8 Å². The molecule has 0 saturated heterocycles. The van der Waals surface area contributed by atoms with Crippen molar-refractivity contribution in [3.05, 3.63) is 48.3 Å². The van der Waals surface area contributed by atoms with E-state index in [1.54, 1.807) is 13.3 Å². The molecule has 1 aliphatic carbocycles. The van der Waals surface area contributed by atoms with Crippen LogP contribution in [-0.4, -0.2) is 34.5 Å². The first kappa shape index (κ1) is 18.8. The van der Waals surface area contributed by atoms with Crippen LogP contribution >= 0.6 is 11.9 Å². The molecule has 0 radical (unpaired) electrons. The smallest absolute Gasteiger partial charge is 0.329 e. The van der Waals surface area contributed by atoms with Crippen molar-refractivity contribution in [2.75, 3.05) is 19.0 Å². The molecule has 154 valence electrons. The number of hydrogen-bond donors (Lipinski definition) is 2. The molecule has 1 fully saturated rings. The third-order valence-electron chi connectivity index (χ3n) is 5.13. The maximum atomic E-state index is 12.7. The van der Waals surface area contributed by atoms with Gasteiger partial charge < -0.3 is 14.8 Å². The lowest BCUT2D eigenvalue weighted by Crippen LogP contribution is -2.23. The third kappa shape index (κ3) is 3.80. The lowest BCUT2D eigenvalue weighted by molar-refractivity contribution is 0.257. The Morgan fingerprint density at radius 3 is 3.03 bits per heavy atom. The minimum Gasteiger partial charge on any atom is -0.493 e. The summed E-state index contributed by atoms with van der Waals surface area (Å²) in [5.41, 5.74) is 3.52. The Bertz CT molecular complexity index is 1100. The van der Waals surface area contributed by atoms with Gasteiger partial charge in [0.1, 0.15) is 10.8 Å². The first-order valence-corrected chi connectivity index (χ1v) is 10.6. The lowest BCUT2D eigenvalue weighted by atomic mass is 9.99. The number of rotatable bonds is 6. The molecule has 5 rings (SSSR count). The van der Waals surface area contributed by atoms with Crippen LogP contribution in [0, 0.1) is 0 Å². The Morgan fingerprint density at radius 2 is 2.20 bits per heavy atom. The van der Waals surface area contributed by atoms with Crippen LogP contribution in [0.25, 0.3) is 11.1 Å². The van der Waals surface area contributed by atoms with Crippen LogP contribution < -0.4 is 19.5 Å². The molecule has 0 atom stereocenters. The normalized spacial score (nSPS) is 14.7. The van der Waals surface area contributed by atoms with Crippen LogP contribution in [0.3, 0.4) is 0 Å². The van der Waals surface area contributed by atoms with Crippen LogP contribution in [0.15, 0.2) is 47.8 Å². The number of hydrogen-bond acceptors (Lipinski definition) is 6. The van der Waals surface area contributed by atoms with Gasteiger partial charge in [-0.3, -0.25) is 9.40 Å². The highest BCUT2D eigenvalue weighted by Gasteiger charge is 2.25. The molecule has 2 aliphatic rings. The van der Waals surface area contributed by atoms with Gasteiger partial charge in [0.25, 0.3) is 0 Å². The molecule has 1 saturated carbocycles. The Labute approximate surface area is 178 Å². The predicted molar refractivity (Wildman–Crippen MR) is 114 cm³/mol. The van der Waals surface area contributed by atoms with Crippen molar-refractivity contribution in [1.82, 2.24) is 19.5 Å². The van der Waals surface area contributed by atoms with Crippen LogP contribution in [0.2, 0.25) is 0 Å². The van der Waals surface area contributed by atoms with E-state index in [4.69, 9.17) is 9.47 Å². The maximum Gasteiger partial charge on any atom is 0.329 e. The van der Waals surface area contributed by atoms with Gasteiger partial charge in [-0.25, -0.2) is 9.78 Å². The highest BCUT2D eigenvalue weighted by Crippen LogP contribution is 2.40. The molecule has 0 bridgehead atoms. The summed E-state index contributed by atoms with van der Waals surface area (Å²) in [6, 6.07) is 9.73. The molecule has 9 heteroatoms. The number of urea groups is 1. The van der Waals surface area contributed by atoms with Crippen LogP contribution in [0.5, 0.6) is 11.6 Å². The fourth-order valence-corrected chi connectivity index (χ4v) is 4.01. The SMILES string of the molecule is COc1cc(-c2ccc3c(c2NC(=O)NSc2ccn(C4CC4)n2)CCO3)ccn1. The van der Waals surface area contributed by atoms with E-state index in [2.05, 4.69) is 20.1 Å². The molecule has 0 spiro atoms. The Morgan fingerprint density at radius 1 is 1.30 bits per heavy atom. The molecule has 0 unspecified atom stereocenters. The molecular formula is C21H21N5O3S. The number of nitrogens with one attached hydrogen (secondary N) is 2. The van der Waals surface area contributed by atoms with Crippen molar-refractivity contribution in [2.45, 2.75) is 30.3 Å². The minimum atomic E-state index is -0.316. The van der Waals surface area contributed by atoms with Crippen LogP contribution in [0.4, 0.5) is 10.5 Å². The van der Waals surface area contributed by atoms with Crippen molar-refractivity contribution in [3.63, 3.8) is 0 Å². The number of ether oxygens (including phenoxy) is 2. The van der Waals surface area contributed by atoms with E-state index in [-0.39, 0.29) is 6.03 Å². The number of aromatic nitrogens is 3. The number of methoxy groups -OCH3 is 1. The van der Waals surface area contributed by atoms with Crippen molar-refractivity contribution >= 4 is 23.7 Å². The number of benzene rings is 1. The van der Waals surface area contributed by atoms with E-state index < -0.39 is 0 Å². The van der Waals surface area contributed by atoms with Crippen molar-refractivity contribution in [1.29, 1.82) is 0 Å². The summed E-state index contributed by atoms with van der Waals surface area (Å²) in [7, 11) is 1.58. The molecule has 2 amide bonds. The molecular weight excluding hydrogens is 402 g/mol. The molecule has 2 N–H and O–H groups in total. The van der Waals surface area contributed by atoms with Gasteiger partial charge in [0.15, 0.2) is 0 Å². The molecule has 1 aliphatic heterocycles. The van der Waals surface area contributed by atoms with Gasteiger partial charge >= 0.3 is 6.03 Å². The molecule has 3 aromatic rings. The zero-order valence-corrected chi connectivity index (χ0v) is 17.2. The highest BCUT2D eigenvalue weighted by molar-refractivity contribution is 7.97. The standard InChI is InChI=1S/C21H21N5O3S/c1-28-18-12-13(6-9-22-18)15-4-5-17-16(8-11-29-17)20(15)23-21(27)25-30-19-7-10-26(24-19)14-2-3-14/h4-7,9-10,12,14H,2-3,8,11H2,1H3,(H2,23,25,27). The summed E-state index contributed by atoms with van der Waals surface area (Å²) in [4.78, 5) is 16.9. The van der Waals surface area contributed by atoms with E-state index >= 15 is 0 Å². The topological polar surface area (TPSA) is 90.3 Å². The van der Waals surface area contributed by atoms with E-state index in [0.717, 1.165) is 39.6 Å². The van der Waals surface area contributed by atoms with Gasteiger partial charge in [-0.15, -0.1) is 0 Å². The van der Waals surface area contributed by atoms with E-state index in [1.165, 1.54) is 24.8 Å². The van der Waals surface area contributed by atoms with E-state index in [1.807, 2.05) is 41.2 Å². The van der Waals surface area contributed by atoms with Crippen LogP contribution in [-0.2, 0) is 6.42 Å². The second kappa shape index (κ2) is 7.91. The zero-order valence-electron chi connectivity index (χ0n) is 16.4. The summed E-state index contributed by atoms with van der Waals surface area (Å²) in [5, 5.41) is 8.26. The van der Waals surface area contributed by atoms with Crippen LogP contribution in [0.1, 0.15) is 24.4 Å². The Kier molecular flexibility index (Phi) is 4.96. The average Bonchev–Trinajstić information content (AvgIpc) is 3.31.